The molecule has 0 aliphatic carbocycles. The summed E-state index contributed by atoms with van der Waals surface area (Å²) in [6.07, 6.45) is 0.954. The van der Waals surface area contributed by atoms with Crippen LogP contribution in [0.1, 0.15) is 35.9 Å². The predicted molar refractivity (Wildman–Crippen MR) is 113 cm³/mol. The number of hydrogen-bond donors (Lipinski definition) is 2. The van der Waals surface area contributed by atoms with E-state index in [0.29, 0.717) is 18.7 Å². The standard InChI is InChI=1S/C21H33FN6/c1-6-23-21(24-10-7-11-28-17(3)12-16(2)26-28)25-14-18-8-9-20(22)19(13-18)15-27(4)5/h8-9,12-13H,6-7,10-11,14-15H2,1-5H3,(H2,23,24,25). The molecule has 0 radical (unpaired) electrons. The number of guanidine groups is 1. The minimum atomic E-state index is -0.171. The lowest BCUT2D eigenvalue weighted by atomic mass is 10.1. The zero-order chi connectivity index (χ0) is 20.5. The van der Waals surface area contributed by atoms with Gasteiger partial charge >= 0.3 is 0 Å². The van der Waals surface area contributed by atoms with Crippen LogP contribution in [-0.4, -0.2) is 47.8 Å². The van der Waals surface area contributed by atoms with Crippen molar-refractivity contribution >= 4 is 5.96 Å². The molecule has 0 saturated carbocycles. The minimum absolute atomic E-state index is 0.171. The van der Waals surface area contributed by atoms with Crippen LogP contribution in [0.5, 0.6) is 0 Å². The predicted octanol–water partition coefficient (Wildman–Crippen LogP) is 2.85. The fourth-order valence-corrected chi connectivity index (χ4v) is 3.04. The molecule has 0 atom stereocenters. The lowest BCUT2D eigenvalue weighted by Crippen LogP contribution is -2.38. The molecular formula is C21H33FN6. The van der Waals surface area contributed by atoms with Gasteiger partial charge in [-0.3, -0.25) is 4.68 Å². The SMILES string of the molecule is CCNC(=NCc1ccc(F)c(CN(C)C)c1)NCCCn1nc(C)cc1C. The van der Waals surface area contributed by atoms with Crippen molar-refractivity contribution in [3.05, 3.63) is 52.6 Å². The fourth-order valence-electron chi connectivity index (χ4n) is 3.04. The number of aromatic nitrogens is 2. The molecular weight excluding hydrogens is 355 g/mol. The van der Waals surface area contributed by atoms with E-state index in [1.807, 2.05) is 43.6 Å². The zero-order valence-corrected chi connectivity index (χ0v) is 17.7. The second-order valence-corrected chi connectivity index (χ2v) is 7.29. The smallest absolute Gasteiger partial charge is 0.191 e. The Morgan fingerprint density at radius 2 is 2.00 bits per heavy atom. The van der Waals surface area contributed by atoms with Crippen molar-refractivity contribution < 1.29 is 4.39 Å². The summed E-state index contributed by atoms with van der Waals surface area (Å²) < 4.78 is 16.0. The maximum absolute atomic E-state index is 13.9. The van der Waals surface area contributed by atoms with E-state index in [1.54, 1.807) is 6.07 Å². The molecule has 0 amide bonds. The monoisotopic (exact) mass is 388 g/mol. The normalized spacial score (nSPS) is 11.9. The molecule has 0 fully saturated rings. The number of benzene rings is 1. The highest BCUT2D eigenvalue weighted by molar-refractivity contribution is 5.79. The molecule has 0 aliphatic heterocycles. The fraction of sp³-hybridized carbons (Fsp3) is 0.524. The summed E-state index contributed by atoms with van der Waals surface area (Å²) in [5, 5.41) is 11.1. The van der Waals surface area contributed by atoms with Crippen LogP contribution >= 0.6 is 0 Å². The number of hydrogen-bond acceptors (Lipinski definition) is 3. The lowest BCUT2D eigenvalue weighted by molar-refractivity contribution is 0.392. The highest BCUT2D eigenvalue weighted by Crippen LogP contribution is 2.13. The topological polar surface area (TPSA) is 57.5 Å². The summed E-state index contributed by atoms with van der Waals surface area (Å²) >= 11 is 0. The molecule has 0 aliphatic rings. The van der Waals surface area contributed by atoms with E-state index in [2.05, 4.69) is 33.7 Å². The highest BCUT2D eigenvalue weighted by Gasteiger charge is 2.06. The molecule has 0 saturated heterocycles. The van der Waals surface area contributed by atoms with Crippen LogP contribution in [0.4, 0.5) is 4.39 Å². The number of rotatable bonds is 9. The molecule has 0 unspecified atom stereocenters. The maximum atomic E-state index is 13.9. The average molecular weight is 389 g/mol. The highest BCUT2D eigenvalue weighted by atomic mass is 19.1. The number of aryl methyl sites for hydroxylation is 3. The van der Waals surface area contributed by atoms with Gasteiger partial charge in [-0.25, -0.2) is 9.38 Å². The van der Waals surface area contributed by atoms with Gasteiger partial charge in [0.2, 0.25) is 0 Å². The van der Waals surface area contributed by atoms with Gasteiger partial charge in [-0.15, -0.1) is 0 Å². The van der Waals surface area contributed by atoms with Gasteiger partial charge in [0.1, 0.15) is 5.82 Å². The molecule has 1 aromatic carbocycles. The summed E-state index contributed by atoms with van der Waals surface area (Å²) in [7, 11) is 3.87. The maximum Gasteiger partial charge on any atom is 0.191 e. The first-order valence-corrected chi connectivity index (χ1v) is 9.84. The Labute approximate surface area is 167 Å². The van der Waals surface area contributed by atoms with E-state index in [-0.39, 0.29) is 5.82 Å². The van der Waals surface area contributed by atoms with E-state index < -0.39 is 0 Å². The summed E-state index contributed by atoms with van der Waals surface area (Å²) in [6, 6.07) is 7.31. The van der Waals surface area contributed by atoms with E-state index >= 15 is 0 Å². The van der Waals surface area contributed by atoms with Crippen LogP contribution in [0, 0.1) is 19.7 Å². The third-order valence-electron chi connectivity index (χ3n) is 4.30. The van der Waals surface area contributed by atoms with Crippen LogP contribution in [0.2, 0.25) is 0 Å². The van der Waals surface area contributed by atoms with E-state index in [4.69, 9.17) is 0 Å². The summed E-state index contributed by atoms with van der Waals surface area (Å²) in [4.78, 5) is 6.59. The van der Waals surface area contributed by atoms with Crippen molar-refractivity contribution in [1.29, 1.82) is 0 Å². The Morgan fingerprint density at radius 1 is 1.21 bits per heavy atom. The molecule has 2 aromatic rings. The van der Waals surface area contributed by atoms with Gasteiger partial charge in [0, 0.05) is 37.4 Å². The molecule has 154 valence electrons. The van der Waals surface area contributed by atoms with E-state index in [9.17, 15) is 4.39 Å². The van der Waals surface area contributed by atoms with Crippen molar-refractivity contribution in [2.45, 2.75) is 46.8 Å². The van der Waals surface area contributed by atoms with Crippen LogP contribution in [0.25, 0.3) is 0 Å². The third kappa shape index (κ3) is 6.96. The minimum Gasteiger partial charge on any atom is -0.357 e. The van der Waals surface area contributed by atoms with Gasteiger partial charge in [-0.1, -0.05) is 6.07 Å². The van der Waals surface area contributed by atoms with Gasteiger partial charge in [-0.2, -0.15) is 5.10 Å². The molecule has 1 aromatic heterocycles. The Morgan fingerprint density at radius 3 is 2.64 bits per heavy atom. The Balaban J connectivity index is 1.90. The molecule has 7 heteroatoms. The van der Waals surface area contributed by atoms with Crippen LogP contribution < -0.4 is 10.6 Å². The van der Waals surface area contributed by atoms with Crippen LogP contribution in [0.15, 0.2) is 29.3 Å². The summed E-state index contributed by atoms with van der Waals surface area (Å²) in [5.74, 6) is 0.602. The van der Waals surface area contributed by atoms with Crippen LogP contribution in [-0.2, 0) is 19.6 Å². The Bertz CT molecular complexity index is 781. The number of nitrogens with one attached hydrogen (secondary N) is 2. The van der Waals surface area contributed by atoms with Gasteiger partial charge in [0.05, 0.1) is 12.2 Å². The second-order valence-electron chi connectivity index (χ2n) is 7.29. The quantitative estimate of drug-likeness (QED) is 0.394. The lowest BCUT2D eigenvalue weighted by Gasteiger charge is -2.13. The first-order valence-electron chi connectivity index (χ1n) is 9.84. The average Bonchev–Trinajstić information content (AvgIpc) is 2.95. The van der Waals surface area contributed by atoms with E-state index in [1.165, 1.54) is 11.8 Å². The molecule has 0 bridgehead atoms. The van der Waals surface area contributed by atoms with Crippen molar-refractivity contribution in [3.8, 4) is 0 Å². The Kier molecular flexibility index (Phi) is 8.44. The summed E-state index contributed by atoms with van der Waals surface area (Å²) in [5.41, 5.74) is 3.93. The van der Waals surface area contributed by atoms with Gasteiger partial charge in [-0.05, 0) is 65.0 Å². The van der Waals surface area contributed by atoms with E-state index in [0.717, 1.165) is 43.3 Å². The summed E-state index contributed by atoms with van der Waals surface area (Å²) in [6.45, 7) is 9.68. The van der Waals surface area contributed by atoms with Gasteiger partial charge in [0.15, 0.2) is 5.96 Å². The number of halogens is 1. The molecule has 2 N–H and O–H groups in total. The first-order chi connectivity index (χ1) is 13.4. The number of aliphatic imine (C=N–C) groups is 1. The van der Waals surface area contributed by atoms with Crippen LogP contribution in [0.3, 0.4) is 0 Å². The molecule has 28 heavy (non-hydrogen) atoms. The van der Waals surface area contributed by atoms with Crippen molar-refractivity contribution in [1.82, 2.24) is 25.3 Å². The Hall–Kier alpha value is -2.41. The van der Waals surface area contributed by atoms with Crippen molar-refractivity contribution in [3.63, 3.8) is 0 Å². The van der Waals surface area contributed by atoms with Gasteiger partial charge in [0.25, 0.3) is 0 Å². The van der Waals surface area contributed by atoms with Crippen molar-refractivity contribution in [2.24, 2.45) is 4.99 Å². The zero-order valence-electron chi connectivity index (χ0n) is 17.7. The van der Waals surface area contributed by atoms with Crippen molar-refractivity contribution in [2.75, 3.05) is 27.2 Å². The van der Waals surface area contributed by atoms with Gasteiger partial charge < -0.3 is 15.5 Å². The number of nitrogens with zero attached hydrogens (tertiary/aromatic N) is 4. The molecule has 1 heterocycles. The molecule has 2 rings (SSSR count). The largest absolute Gasteiger partial charge is 0.357 e. The molecule has 0 spiro atoms. The molecule has 6 nitrogen and oxygen atoms in total. The third-order valence-corrected chi connectivity index (χ3v) is 4.30. The second kappa shape index (κ2) is 10.8. The first kappa shape index (κ1) is 21.9.